The number of aromatic hydroxyl groups is 1. The Hall–Kier alpha value is -2.49. The minimum absolute atomic E-state index is 0.0608. The highest BCUT2D eigenvalue weighted by Gasteiger charge is 2.44. The minimum atomic E-state index is 0.0608. The molecule has 2 aromatic carbocycles. The van der Waals surface area contributed by atoms with E-state index >= 15 is 0 Å². The number of nitrogens with zero attached hydrogens (tertiary/aromatic N) is 1. The summed E-state index contributed by atoms with van der Waals surface area (Å²) >= 11 is 0. The zero-order chi connectivity index (χ0) is 17.9. The summed E-state index contributed by atoms with van der Waals surface area (Å²) in [5.41, 5.74) is 2.34. The number of carbonyl (C=O) groups excluding carboxylic acids is 1. The highest BCUT2D eigenvalue weighted by atomic mass is 16.3. The molecule has 3 atom stereocenters. The summed E-state index contributed by atoms with van der Waals surface area (Å²) in [7, 11) is 0. The number of amides is 1. The molecule has 2 fully saturated rings. The molecule has 4 rings (SSSR count). The summed E-state index contributed by atoms with van der Waals surface area (Å²) in [6.07, 6.45) is 3.23. The molecule has 0 spiro atoms. The maximum Gasteiger partial charge on any atom is 0.223 e. The van der Waals surface area contributed by atoms with E-state index in [4.69, 9.17) is 0 Å². The van der Waals surface area contributed by atoms with E-state index in [1.165, 1.54) is 18.5 Å². The zero-order valence-electron chi connectivity index (χ0n) is 15.0. The largest absolute Gasteiger partial charge is 0.508 e. The van der Waals surface area contributed by atoms with Crippen LogP contribution in [0.4, 0.5) is 5.69 Å². The Labute approximate surface area is 154 Å². The summed E-state index contributed by atoms with van der Waals surface area (Å²) in [6.45, 7) is 2.85. The van der Waals surface area contributed by atoms with Crippen LogP contribution in [0.3, 0.4) is 0 Å². The summed E-state index contributed by atoms with van der Waals surface area (Å²) < 4.78 is 0. The van der Waals surface area contributed by atoms with Gasteiger partial charge in [-0.1, -0.05) is 30.3 Å². The van der Waals surface area contributed by atoms with Crippen LogP contribution in [0, 0.1) is 11.8 Å². The van der Waals surface area contributed by atoms with Gasteiger partial charge in [0.1, 0.15) is 5.75 Å². The van der Waals surface area contributed by atoms with Gasteiger partial charge in [-0.25, -0.2) is 0 Å². The van der Waals surface area contributed by atoms with Gasteiger partial charge in [0, 0.05) is 31.2 Å². The second-order valence-electron chi connectivity index (χ2n) is 7.58. The number of hydrogen-bond acceptors (Lipinski definition) is 3. The first-order valence-corrected chi connectivity index (χ1v) is 9.57. The Balaban J connectivity index is 1.27. The van der Waals surface area contributed by atoms with Crippen molar-refractivity contribution in [3.8, 4) is 5.75 Å². The lowest BCUT2D eigenvalue weighted by Crippen LogP contribution is -2.41. The van der Waals surface area contributed by atoms with Gasteiger partial charge in [0.25, 0.3) is 0 Å². The summed E-state index contributed by atoms with van der Waals surface area (Å²) in [4.78, 5) is 14.9. The van der Waals surface area contributed by atoms with Crippen LogP contribution in [0.25, 0.3) is 0 Å². The average molecular weight is 350 g/mol. The average Bonchev–Trinajstić information content (AvgIpc) is 3.48. The standard InChI is InChI=1S/C22H26N2O2/c25-19-10-4-7-17(12-19)20-13-21(20)22(26)23-14-16-6-5-11-24(15-16)18-8-2-1-3-9-18/h1-4,7-10,12,16,20-21,25H,5-6,11,13-15H2,(H,23,26)/t16?,20-,21+/m0/s1. The fourth-order valence-corrected chi connectivity index (χ4v) is 4.09. The van der Waals surface area contributed by atoms with E-state index in [2.05, 4.69) is 34.5 Å². The number of para-hydroxylation sites is 1. The minimum Gasteiger partial charge on any atom is -0.508 e. The fourth-order valence-electron chi connectivity index (χ4n) is 4.09. The van der Waals surface area contributed by atoms with E-state index in [0.29, 0.717) is 5.92 Å². The molecule has 4 nitrogen and oxygen atoms in total. The van der Waals surface area contributed by atoms with E-state index in [-0.39, 0.29) is 23.5 Å². The number of benzene rings is 2. The molecular formula is C22H26N2O2. The Bertz CT molecular complexity index is 762. The first-order valence-electron chi connectivity index (χ1n) is 9.57. The number of anilines is 1. The second-order valence-corrected chi connectivity index (χ2v) is 7.58. The predicted octanol–water partition coefficient (Wildman–Crippen LogP) is 3.53. The number of nitrogens with one attached hydrogen (secondary N) is 1. The van der Waals surface area contributed by atoms with Crippen molar-refractivity contribution in [1.29, 1.82) is 0 Å². The molecule has 0 aromatic heterocycles. The third-order valence-electron chi connectivity index (χ3n) is 5.63. The van der Waals surface area contributed by atoms with E-state index in [1.54, 1.807) is 12.1 Å². The number of phenols is 1. The lowest BCUT2D eigenvalue weighted by molar-refractivity contribution is -0.122. The second kappa shape index (κ2) is 7.40. The summed E-state index contributed by atoms with van der Waals surface area (Å²) in [5, 5.41) is 12.8. The Morgan fingerprint density at radius 1 is 1.15 bits per heavy atom. The normalized spacial score (nSPS) is 24.9. The lowest BCUT2D eigenvalue weighted by Gasteiger charge is -2.34. The van der Waals surface area contributed by atoms with Gasteiger partial charge >= 0.3 is 0 Å². The van der Waals surface area contributed by atoms with E-state index in [0.717, 1.165) is 31.6 Å². The van der Waals surface area contributed by atoms with E-state index in [1.807, 2.05) is 18.2 Å². The Morgan fingerprint density at radius 2 is 2.00 bits per heavy atom. The van der Waals surface area contributed by atoms with Crippen LogP contribution in [0.1, 0.15) is 30.7 Å². The molecule has 1 aliphatic carbocycles. The van der Waals surface area contributed by atoms with Crippen molar-refractivity contribution < 1.29 is 9.90 Å². The first-order chi connectivity index (χ1) is 12.7. The van der Waals surface area contributed by atoms with Crippen LogP contribution in [0.2, 0.25) is 0 Å². The molecule has 1 saturated heterocycles. The van der Waals surface area contributed by atoms with Crippen molar-refractivity contribution in [3.63, 3.8) is 0 Å². The van der Waals surface area contributed by atoms with E-state index in [9.17, 15) is 9.90 Å². The molecule has 0 radical (unpaired) electrons. The van der Waals surface area contributed by atoms with Gasteiger partial charge in [-0.3, -0.25) is 4.79 Å². The lowest BCUT2D eigenvalue weighted by atomic mass is 9.97. The molecule has 2 aromatic rings. The molecule has 136 valence electrons. The zero-order valence-corrected chi connectivity index (χ0v) is 15.0. The van der Waals surface area contributed by atoms with Gasteiger partial charge in [-0.2, -0.15) is 0 Å². The van der Waals surface area contributed by atoms with E-state index < -0.39 is 0 Å². The maximum atomic E-state index is 12.5. The smallest absolute Gasteiger partial charge is 0.223 e. The third-order valence-corrected chi connectivity index (χ3v) is 5.63. The number of carbonyl (C=O) groups is 1. The number of hydrogen-bond donors (Lipinski definition) is 2. The molecular weight excluding hydrogens is 324 g/mol. The number of piperidine rings is 1. The van der Waals surface area contributed by atoms with Gasteiger partial charge in [0.15, 0.2) is 0 Å². The number of phenolic OH excluding ortho intramolecular Hbond substituents is 1. The molecule has 1 aliphatic heterocycles. The van der Waals surface area contributed by atoms with Crippen LogP contribution < -0.4 is 10.2 Å². The van der Waals surface area contributed by atoms with Gasteiger partial charge in [0.05, 0.1) is 0 Å². The molecule has 26 heavy (non-hydrogen) atoms. The van der Waals surface area contributed by atoms with Crippen molar-refractivity contribution in [2.24, 2.45) is 11.8 Å². The first kappa shape index (κ1) is 17.0. The highest BCUT2D eigenvalue weighted by Crippen LogP contribution is 2.48. The van der Waals surface area contributed by atoms with Gasteiger partial charge in [0.2, 0.25) is 5.91 Å². The van der Waals surface area contributed by atoms with Crippen LogP contribution in [-0.2, 0) is 4.79 Å². The summed E-state index contributed by atoms with van der Waals surface area (Å²) in [6, 6.07) is 17.8. The number of rotatable bonds is 5. The molecule has 1 unspecified atom stereocenters. The van der Waals surface area contributed by atoms with Gasteiger partial charge in [-0.15, -0.1) is 0 Å². The topological polar surface area (TPSA) is 52.6 Å². The molecule has 0 bridgehead atoms. The summed E-state index contributed by atoms with van der Waals surface area (Å²) in [5.74, 6) is 1.26. The van der Waals surface area contributed by atoms with Crippen LogP contribution in [0.15, 0.2) is 54.6 Å². The maximum absolute atomic E-state index is 12.5. The van der Waals surface area contributed by atoms with Crippen molar-refractivity contribution >= 4 is 11.6 Å². The molecule has 1 saturated carbocycles. The monoisotopic (exact) mass is 350 g/mol. The van der Waals surface area contributed by atoms with Crippen molar-refractivity contribution in [1.82, 2.24) is 5.32 Å². The highest BCUT2D eigenvalue weighted by molar-refractivity contribution is 5.82. The quantitative estimate of drug-likeness (QED) is 0.867. The Morgan fingerprint density at radius 3 is 2.81 bits per heavy atom. The van der Waals surface area contributed by atoms with Crippen LogP contribution in [-0.4, -0.2) is 30.6 Å². The van der Waals surface area contributed by atoms with Crippen molar-refractivity contribution in [2.75, 3.05) is 24.5 Å². The molecule has 2 N–H and O–H groups in total. The molecule has 4 heteroatoms. The van der Waals surface area contributed by atoms with Gasteiger partial charge in [-0.05, 0) is 60.9 Å². The van der Waals surface area contributed by atoms with Gasteiger partial charge < -0.3 is 15.3 Å². The SMILES string of the molecule is O=C(NCC1CCCN(c2ccccc2)C1)[C@@H]1C[C@H]1c1cccc(O)c1. The van der Waals surface area contributed by atoms with Crippen molar-refractivity contribution in [2.45, 2.75) is 25.2 Å². The molecule has 1 amide bonds. The predicted molar refractivity (Wildman–Crippen MR) is 103 cm³/mol. The molecule has 1 heterocycles. The van der Waals surface area contributed by atoms with Crippen LogP contribution >= 0.6 is 0 Å². The Kier molecular flexibility index (Phi) is 4.83. The molecule has 2 aliphatic rings. The van der Waals surface area contributed by atoms with Crippen molar-refractivity contribution in [3.05, 3.63) is 60.2 Å². The van der Waals surface area contributed by atoms with Crippen LogP contribution in [0.5, 0.6) is 5.75 Å². The third kappa shape index (κ3) is 3.85. The fraction of sp³-hybridized carbons (Fsp3) is 0.409.